The van der Waals surface area contributed by atoms with Crippen LogP contribution in [0.1, 0.15) is 16.8 Å². The lowest BCUT2D eigenvalue weighted by molar-refractivity contribution is 0.0952. The Hall–Kier alpha value is -2.30. The van der Waals surface area contributed by atoms with Crippen molar-refractivity contribution in [2.24, 2.45) is 0 Å². The molecule has 1 aromatic carbocycles. The number of nitrogens with one attached hydrogen (secondary N) is 1. The molecule has 0 atom stereocenters. The van der Waals surface area contributed by atoms with Crippen molar-refractivity contribution in [1.29, 1.82) is 0 Å². The van der Waals surface area contributed by atoms with Crippen molar-refractivity contribution in [3.8, 4) is 5.75 Å². The molecule has 1 amide bonds. The first-order valence-corrected chi connectivity index (χ1v) is 6.19. The molecule has 0 unspecified atom stereocenters. The Bertz CT molecular complexity index is 523. The van der Waals surface area contributed by atoms with Gasteiger partial charge in [0.1, 0.15) is 5.75 Å². The smallest absolute Gasteiger partial charge is 0.251 e. The number of hydrogen-bond acceptors (Lipinski definition) is 3. The summed E-state index contributed by atoms with van der Waals surface area (Å²) < 4.78 is 6.93. The van der Waals surface area contributed by atoms with Gasteiger partial charge in [-0.3, -0.25) is 9.48 Å². The second-order valence-electron chi connectivity index (χ2n) is 4.11. The van der Waals surface area contributed by atoms with Gasteiger partial charge in [-0.15, -0.1) is 0 Å². The lowest BCUT2D eigenvalue weighted by Gasteiger charge is -2.06. The number of amides is 1. The molecule has 0 radical (unpaired) electrons. The van der Waals surface area contributed by atoms with Crippen molar-refractivity contribution < 1.29 is 9.53 Å². The van der Waals surface area contributed by atoms with Gasteiger partial charge in [0, 0.05) is 31.0 Å². The molecule has 0 saturated carbocycles. The first kappa shape index (κ1) is 13.1. The molecule has 0 fully saturated rings. The van der Waals surface area contributed by atoms with Gasteiger partial charge in [0.25, 0.3) is 5.91 Å². The van der Waals surface area contributed by atoms with Crippen LogP contribution in [-0.2, 0) is 6.54 Å². The molecule has 0 aliphatic heterocycles. The number of carbonyl (C=O) groups excluding carboxylic acids is 1. The van der Waals surface area contributed by atoms with E-state index in [1.165, 1.54) is 0 Å². The second kappa shape index (κ2) is 6.58. The van der Waals surface area contributed by atoms with Gasteiger partial charge in [-0.05, 0) is 30.7 Å². The average molecular weight is 259 g/mol. The Kier molecular flexibility index (Phi) is 4.55. The highest BCUT2D eigenvalue weighted by molar-refractivity contribution is 5.94. The van der Waals surface area contributed by atoms with Gasteiger partial charge >= 0.3 is 0 Å². The van der Waals surface area contributed by atoms with E-state index in [4.69, 9.17) is 4.74 Å². The summed E-state index contributed by atoms with van der Waals surface area (Å²) in [6, 6.07) is 9.00. The van der Waals surface area contributed by atoms with Crippen molar-refractivity contribution in [1.82, 2.24) is 15.1 Å². The van der Waals surface area contributed by atoms with Gasteiger partial charge in [0.15, 0.2) is 0 Å². The summed E-state index contributed by atoms with van der Waals surface area (Å²) in [5, 5.41) is 6.98. The van der Waals surface area contributed by atoms with Crippen molar-refractivity contribution in [3.05, 3.63) is 48.3 Å². The number of methoxy groups -OCH3 is 1. The molecule has 1 heterocycles. The van der Waals surface area contributed by atoms with E-state index in [2.05, 4.69) is 10.4 Å². The van der Waals surface area contributed by atoms with Gasteiger partial charge in [-0.2, -0.15) is 5.10 Å². The Morgan fingerprint density at radius 1 is 1.42 bits per heavy atom. The molecule has 5 nitrogen and oxygen atoms in total. The maximum atomic E-state index is 11.9. The van der Waals surface area contributed by atoms with Crippen molar-refractivity contribution in [2.45, 2.75) is 13.0 Å². The zero-order chi connectivity index (χ0) is 13.5. The third-order valence-corrected chi connectivity index (χ3v) is 2.74. The van der Waals surface area contributed by atoms with Crippen LogP contribution in [0.4, 0.5) is 0 Å². The van der Waals surface area contributed by atoms with E-state index >= 15 is 0 Å². The zero-order valence-electron chi connectivity index (χ0n) is 10.9. The van der Waals surface area contributed by atoms with E-state index in [9.17, 15) is 4.79 Å². The minimum absolute atomic E-state index is 0.0839. The molecule has 0 aliphatic carbocycles. The maximum Gasteiger partial charge on any atom is 0.251 e. The van der Waals surface area contributed by atoms with Crippen LogP contribution in [0.2, 0.25) is 0 Å². The SMILES string of the molecule is COc1cccc(C(=O)NCCCn2cccn2)c1. The highest BCUT2D eigenvalue weighted by atomic mass is 16.5. The molecule has 100 valence electrons. The Morgan fingerprint density at radius 3 is 3.05 bits per heavy atom. The minimum atomic E-state index is -0.0839. The summed E-state index contributed by atoms with van der Waals surface area (Å²) in [4.78, 5) is 11.9. The van der Waals surface area contributed by atoms with Crippen LogP contribution in [0.25, 0.3) is 0 Å². The molecule has 1 N–H and O–H groups in total. The van der Waals surface area contributed by atoms with E-state index in [0.29, 0.717) is 17.9 Å². The number of ether oxygens (including phenoxy) is 1. The third kappa shape index (κ3) is 3.84. The number of aromatic nitrogens is 2. The molecule has 2 aromatic rings. The zero-order valence-corrected chi connectivity index (χ0v) is 10.9. The van der Waals surface area contributed by atoms with Gasteiger partial charge in [-0.1, -0.05) is 6.07 Å². The number of benzene rings is 1. The van der Waals surface area contributed by atoms with Gasteiger partial charge < -0.3 is 10.1 Å². The molecule has 0 saturated heterocycles. The summed E-state index contributed by atoms with van der Waals surface area (Å²) >= 11 is 0. The normalized spacial score (nSPS) is 10.2. The van der Waals surface area contributed by atoms with Crippen LogP contribution in [0.3, 0.4) is 0 Å². The lowest BCUT2D eigenvalue weighted by atomic mass is 10.2. The first-order chi connectivity index (χ1) is 9.29. The summed E-state index contributed by atoms with van der Waals surface area (Å²) in [5.41, 5.74) is 0.610. The second-order valence-corrected chi connectivity index (χ2v) is 4.11. The van der Waals surface area contributed by atoms with Crippen LogP contribution in [0.5, 0.6) is 5.75 Å². The molecule has 0 aliphatic rings. The van der Waals surface area contributed by atoms with Gasteiger partial charge in [-0.25, -0.2) is 0 Å². The minimum Gasteiger partial charge on any atom is -0.497 e. The van der Waals surface area contributed by atoms with E-state index < -0.39 is 0 Å². The Balaban J connectivity index is 1.77. The molecule has 5 heteroatoms. The highest BCUT2D eigenvalue weighted by Crippen LogP contribution is 2.12. The standard InChI is InChI=1S/C14H17N3O2/c1-19-13-6-2-5-12(11-13)14(18)15-7-3-9-17-10-4-8-16-17/h2,4-6,8,10-11H,3,7,9H2,1H3,(H,15,18). The lowest BCUT2D eigenvalue weighted by Crippen LogP contribution is -2.25. The van der Waals surface area contributed by atoms with Crippen LogP contribution >= 0.6 is 0 Å². The average Bonchev–Trinajstić information content (AvgIpc) is 2.96. The molecule has 19 heavy (non-hydrogen) atoms. The number of rotatable bonds is 6. The van der Waals surface area contributed by atoms with E-state index in [-0.39, 0.29) is 5.91 Å². The highest BCUT2D eigenvalue weighted by Gasteiger charge is 2.05. The molecule has 1 aromatic heterocycles. The van der Waals surface area contributed by atoms with E-state index in [1.54, 1.807) is 31.5 Å². The summed E-state index contributed by atoms with van der Waals surface area (Å²) in [7, 11) is 1.58. The fourth-order valence-corrected chi connectivity index (χ4v) is 1.74. The third-order valence-electron chi connectivity index (χ3n) is 2.74. The van der Waals surface area contributed by atoms with Gasteiger partial charge in [0.05, 0.1) is 7.11 Å². The number of nitrogens with zero attached hydrogens (tertiary/aromatic N) is 2. The predicted molar refractivity (Wildman–Crippen MR) is 72.2 cm³/mol. The molecular formula is C14H17N3O2. The van der Waals surface area contributed by atoms with Crippen LogP contribution < -0.4 is 10.1 Å². The van der Waals surface area contributed by atoms with Gasteiger partial charge in [0.2, 0.25) is 0 Å². The number of aryl methyl sites for hydroxylation is 1. The quantitative estimate of drug-likeness (QED) is 0.803. The van der Waals surface area contributed by atoms with Crippen LogP contribution in [-0.4, -0.2) is 29.3 Å². The fraction of sp³-hybridized carbons (Fsp3) is 0.286. The maximum absolute atomic E-state index is 11.9. The largest absolute Gasteiger partial charge is 0.497 e. The van der Waals surface area contributed by atoms with Crippen molar-refractivity contribution in [3.63, 3.8) is 0 Å². The summed E-state index contributed by atoms with van der Waals surface area (Å²) in [5.74, 6) is 0.601. The number of hydrogen-bond donors (Lipinski definition) is 1. The molecule has 0 bridgehead atoms. The molecule has 2 rings (SSSR count). The summed E-state index contributed by atoms with van der Waals surface area (Å²) in [6.45, 7) is 1.42. The molecular weight excluding hydrogens is 242 g/mol. The van der Waals surface area contributed by atoms with Crippen molar-refractivity contribution >= 4 is 5.91 Å². The van der Waals surface area contributed by atoms with Crippen molar-refractivity contribution in [2.75, 3.05) is 13.7 Å². The summed E-state index contributed by atoms with van der Waals surface area (Å²) in [6.07, 6.45) is 4.50. The Labute approximate surface area is 112 Å². The van der Waals surface area contributed by atoms with E-state index in [0.717, 1.165) is 13.0 Å². The fourth-order valence-electron chi connectivity index (χ4n) is 1.74. The molecule has 0 spiro atoms. The Morgan fingerprint density at radius 2 is 2.32 bits per heavy atom. The van der Waals surface area contributed by atoms with Crippen LogP contribution in [0.15, 0.2) is 42.7 Å². The monoisotopic (exact) mass is 259 g/mol. The first-order valence-electron chi connectivity index (χ1n) is 6.19. The number of carbonyl (C=O) groups is 1. The predicted octanol–water partition coefficient (Wildman–Crippen LogP) is 1.71. The topological polar surface area (TPSA) is 56.1 Å². The van der Waals surface area contributed by atoms with E-state index in [1.807, 2.05) is 23.0 Å². The van der Waals surface area contributed by atoms with Crippen LogP contribution in [0, 0.1) is 0 Å².